The summed E-state index contributed by atoms with van der Waals surface area (Å²) in [6.07, 6.45) is 0. The summed E-state index contributed by atoms with van der Waals surface area (Å²) >= 11 is 2.07. The van der Waals surface area contributed by atoms with Crippen LogP contribution in [0.4, 0.5) is 0 Å². The van der Waals surface area contributed by atoms with Crippen molar-refractivity contribution in [2.75, 3.05) is 37.7 Å². The molecule has 1 fully saturated rings. The van der Waals surface area contributed by atoms with Crippen LogP contribution in [-0.2, 0) is 0 Å². The highest BCUT2D eigenvalue weighted by molar-refractivity contribution is 7.99. The van der Waals surface area contributed by atoms with Gasteiger partial charge in [-0.1, -0.05) is 13.8 Å². The second-order valence-corrected chi connectivity index (χ2v) is 5.38. The van der Waals surface area contributed by atoms with Crippen molar-refractivity contribution in [3.05, 3.63) is 0 Å². The third kappa shape index (κ3) is 3.88. The Morgan fingerprint density at radius 2 is 1.92 bits per heavy atom. The molecule has 1 saturated heterocycles. The van der Waals surface area contributed by atoms with Crippen molar-refractivity contribution in [3.63, 3.8) is 0 Å². The Bertz CT molecular complexity index is 133. The second kappa shape index (κ2) is 5.89. The average Bonchev–Trinajstić information content (AvgIpc) is 2.15. The van der Waals surface area contributed by atoms with Crippen molar-refractivity contribution < 1.29 is 0 Å². The summed E-state index contributed by atoms with van der Waals surface area (Å²) in [6.45, 7) is 9.10. The molecule has 2 N–H and O–H groups in total. The molecule has 0 aromatic heterocycles. The van der Waals surface area contributed by atoms with Gasteiger partial charge in [0, 0.05) is 31.1 Å². The molecule has 0 saturated carbocycles. The Morgan fingerprint density at radius 3 is 2.38 bits per heavy atom. The van der Waals surface area contributed by atoms with Gasteiger partial charge in [-0.2, -0.15) is 11.8 Å². The van der Waals surface area contributed by atoms with Gasteiger partial charge in [0.25, 0.3) is 0 Å². The fourth-order valence-electron chi connectivity index (χ4n) is 1.67. The van der Waals surface area contributed by atoms with Gasteiger partial charge in [-0.3, -0.25) is 0 Å². The fourth-order valence-corrected chi connectivity index (χ4v) is 2.65. The van der Waals surface area contributed by atoms with E-state index in [9.17, 15) is 0 Å². The second-order valence-electron chi connectivity index (χ2n) is 4.15. The van der Waals surface area contributed by atoms with E-state index in [-0.39, 0.29) is 0 Å². The van der Waals surface area contributed by atoms with E-state index < -0.39 is 0 Å². The van der Waals surface area contributed by atoms with Crippen LogP contribution < -0.4 is 5.73 Å². The number of rotatable bonds is 4. The quantitative estimate of drug-likeness (QED) is 0.744. The maximum Gasteiger partial charge on any atom is 0.00728 e. The van der Waals surface area contributed by atoms with E-state index >= 15 is 0 Å². The number of hydrogen-bond donors (Lipinski definition) is 1. The molecule has 78 valence electrons. The lowest BCUT2D eigenvalue weighted by Crippen LogP contribution is -2.40. The molecule has 0 radical (unpaired) electrons. The molecule has 0 aromatic rings. The first-order valence-corrected chi connectivity index (χ1v) is 6.39. The molecule has 0 amide bonds. The third-order valence-electron chi connectivity index (χ3n) is 2.84. The molecule has 1 unspecified atom stereocenters. The summed E-state index contributed by atoms with van der Waals surface area (Å²) in [4.78, 5) is 2.56. The average molecular weight is 202 g/mol. The standard InChI is InChI=1S/C10H22N2S/c1-9(2)10(7-11)8-12-3-5-13-6-4-12/h9-10H,3-8,11H2,1-2H3. The Balaban J connectivity index is 2.27. The van der Waals surface area contributed by atoms with Gasteiger partial charge in [0.2, 0.25) is 0 Å². The predicted molar refractivity (Wildman–Crippen MR) is 61.1 cm³/mol. The molecule has 1 heterocycles. The van der Waals surface area contributed by atoms with Gasteiger partial charge < -0.3 is 10.6 Å². The van der Waals surface area contributed by atoms with Crippen LogP contribution in [0.3, 0.4) is 0 Å². The Morgan fingerprint density at radius 1 is 1.31 bits per heavy atom. The molecule has 0 spiro atoms. The van der Waals surface area contributed by atoms with Gasteiger partial charge in [-0.15, -0.1) is 0 Å². The van der Waals surface area contributed by atoms with Crippen LogP contribution >= 0.6 is 11.8 Å². The predicted octanol–water partition coefficient (Wildman–Crippen LogP) is 1.27. The fraction of sp³-hybridized carbons (Fsp3) is 1.00. The van der Waals surface area contributed by atoms with E-state index in [1.807, 2.05) is 0 Å². The number of hydrogen-bond acceptors (Lipinski definition) is 3. The molecule has 1 aliphatic rings. The van der Waals surface area contributed by atoms with Gasteiger partial charge in [-0.25, -0.2) is 0 Å². The van der Waals surface area contributed by atoms with Crippen LogP contribution in [0, 0.1) is 11.8 Å². The molecular formula is C10H22N2S. The monoisotopic (exact) mass is 202 g/mol. The molecular weight excluding hydrogens is 180 g/mol. The Kier molecular flexibility index (Phi) is 5.14. The van der Waals surface area contributed by atoms with Crippen molar-refractivity contribution in [2.45, 2.75) is 13.8 Å². The summed E-state index contributed by atoms with van der Waals surface area (Å²) in [5.41, 5.74) is 5.76. The van der Waals surface area contributed by atoms with Crippen LogP contribution in [0.5, 0.6) is 0 Å². The van der Waals surface area contributed by atoms with Crippen LogP contribution in [0.25, 0.3) is 0 Å². The van der Waals surface area contributed by atoms with Crippen molar-refractivity contribution in [1.82, 2.24) is 4.90 Å². The molecule has 13 heavy (non-hydrogen) atoms. The first-order chi connectivity index (χ1) is 6.24. The smallest absolute Gasteiger partial charge is 0.00728 e. The largest absolute Gasteiger partial charge is 0.330 e. The Labute approximate surface area is 86.2 Å². The molecule has 1 rings (SSSR count). The third-order valence-corrected chi connectivity index (χ3v) is 3.78. The van der Waals surface area contributed by atoms with Gasteiger partial charge >= 0.3 is 0 Å². The minimum atomic E-state index is 0.683. The number of nitrogens with two attached hydrogens (primary N) is 1. The van der Waals surface area contributed by atoms with E-state index in [1.165, 1.54) is 31.1 Å². The minimum absolute atomic E-state index is 0.683. The highest BCUT2D eigenvalue weighted by Gasteiger charge is 2.17. The van der Waals surface area contributed by atoms with Gasteiger partial charge in [-0.05, 0) is 18.4 Å². The zero-order valence-electron chi connectivity index (χ0n) is 8.83. The Hall–Kier alpha value is 0.270. The molecule has 1 atom stereocenters. The maximum absolute atomic E-state index is 5.76. The van der Waals surface area contributed by atoms with E-state index in [0.29, 0.717) is 5.92 Å². The molecule has 0 aliphatic carbocycles. The van der Waals surface area contributed by atoms with Gasteiger partial charge in [0.1, 0.15) is 0 Å². The van der Waals surface area contributed by atoms with E-state index in [1.54, 1.807) is 0 Å². The normalized spacial score (nSPS) is 22.2. The SMILES string of the molecule is CC(C)C(CN)CN1CCSCC1. The summed E-state index contributed by atoms with van der Waals surface area (Å²) in [5, 5.41) is 0. The summed E-state index contributed by atoms with van der Waals surface area (Å²) in [5.74, 6) is 4.01. The van der Waals surface area contributed by atoms with Crippen LogP contribution in [-0.4, -0.2) is 42.6 Å². The molecule has 3 heteroatoms. The lowest BCUT2D eigenvalue weighted by atomic mass is 9.95. The first-order valence-electron chi connectivity index (χ1n) is 5.24. The van der Waals surface area contributed by atoms with Crippen molar-refractivity contribution >= 4 is 11.8 Å². The van der Waals surface area contributed by atoms with Crippen LogP contribution in [0.2, 0.25) is 0 Å². The summed E-state index contributed by atoms with van der Waals surface area (Å²) < 4.78 is 0. The first kappa shape index (κ1) is 11.3. The van der Waals surface area contributed by atoms with Crippen molar-refractivity contribution in [3.8, 4) is 0 Å². The maximum atomic E-state index is 5.76. The number of thioether (sulfide) groups is 1. The van der Waals surface area contributed by atoms with Crippen LogP contribution in [0.1, 0.15) is 13.8 Å². The van der Waals surface area contributed by atoms with Gasteiger partial charge in [0.15, 0.2) is 0 Å². The summed E-state index contributed by atoms with van der Waals surface area (Å²) in [6, 6.07) is 0. The molecule has 0 aromatic carbocycles. The molecule has 1 aliphatic heterocycles. The number of nitrogens with zero attached hydrogens (tertiary/aromatic N) is 1. The highest BCUT2D eigenvalue weighted by atomic mass is 32.2. The highest BCUT2D eigenvalue weighted by Crippen LogP contribution is 2.15. The van der Waals surface area contributed by atoms with E-state index in [2.05, 4.69) is 30.5 Å². The van der Waals surface area contributed by atoms with Gasteiger partial charge in [0.05, 0.1) is 0 Å². The van der Waals surface area contributed by atoms with Crippen LogP contribution in [0.15, 0.2) is 0 Å². The lowest BCUT2D eigenvalue weighted by molar-refractivity contribution is 0.221. The minimum Gasteiger partial charge on any atom is -0.330 e. The summed E-state index contributed by atoms with van der Waals surface area (Å²) in [7, 11) is 0. The van der Waals surface area contributed by atoms with E-state index in [0.717, 1.165) is 12.5 Å². The molecule has 0 bridgehead atoms. The zero-order chi connectivity index (χ0) is 9.68. The van der Waals surface area contributed by atoms with Crippen molar-refractivity contribution in [1.29, 1.82) is 0 Å². The van der Waals surface area contributed by atoms with Crippen molar-refractivity contribution in [2.24, 2.45) is 17.6 Å². The lowest BCUT2D eigenvalue weighted by Gasteiger charge is -2.31. The van der Waals surface area contributed by atoms with E-state index in [4.69, 9.17) is 5.73 Å². The molecule has 2 nitrogen and oxygen atoms in total. The zero-order valence-corrected chi connectivity index (χ0v) is 9.65. The topological polar surface area (TPSA) is 29.3 Å².